The van der Waals surface area contributed by atoms with Gasteiger partial charge in [0, 0.05) is 24.7 Å². The normalized spacial score (nSPS) is 16.0. The van der Waals surface area contributed by atoms with Crippen LogP contribution in [0.4, 0.5) is 4.79 Å². The standard InChI is InChI=1S/C22H26ClN3O3/c1-16(18-9-5-6-10-20(18)23)25-22(28)24-15-19(17-7-3-2-4-8-17)21(27)26-11-13-29-14-12-26/h2-10,16,19H,11-15H2,1H3,(H2,24,25,28). The number of nitrogens with zero attached hydrogens (tertiary/aromatic N) is 1. The predicted molar refractivity (Wildman–Crippen MR) is 113 cm³/mol. The van der Waals surface area contributed by atoms with Gasteiger partial charge in [-0.1, -0.05) is 60.1 Å². The molecule has 3 amide bonds. The first-order chi connectivity index (χ1) is 14.1. The first-order valence-corrected chi connectivity index (χ1v) is 10.1. The monoisotopic (exact) mass is 415 g/mol. The molecular weight excluding hydrogens is 390 g/mol. The Morgan fingerprint density at radius 2 is 1.72 bits per heavy atom. The first kappa shape index (κ1) is 21.1. The molecule has 0 spiro atoms. The van der Waals surface area contributed by atoms with Gasteiger partial charge in [-0.3, -0.25) is 4.79 Å². The lowest BCUT2D eigenvalue weighted by Gasteiger charge is -2.31. The molecule has 3 rings (SSSR count). The lowest BCUT2D eigenvalue weighted by Crippen LogP contribution is -2.46. The van der Waals surface area contributed by atoms with E-state index in [4.69, 9.17) is 16.3 Å². The van der Waals surface area contributed by atoms with E-state index in [2.05, 4.69) is 10.6 Å². The van der Waals surface area contributed by atoms with Crippen molar-refractivity contribution in [1.82, 2.24) is 15.5 Å². The van der Waals surface area contributed by atoms with Crippen molar-refractivity contribution >= 4 is 23.5 Å². The zero-order chi connectivity index (χ0) is 20.6. The molecule has 1 saturated heterocycles. The highest BCUT2D eigenvalue weighted by molar-refractivity contribution is 6.31. The van der Waals surface area contributed by atoms with Gasteiger partial charge in [-0.25, -0.2) is 4.79 Å². The van der Waals surface area contributed by atoms with Crippen molar-refractivity contribution in [3.8, 4) is 0 Å². The maximum absolute atomic E-state index is 13.1. The molecule has 0 aliphatic carbocycles. The minimum absolute atomic E-state index is 0.000970. The van der Waals surface area contributed by atoms with Gasteiger partial charge in [-0.05, 0) is 24.1 Å². The number of rotatable bonds is 6. The second kappa shape index (κ2) is 10.3. The Morgan fingerprint density at radius 1 is 1.07 bits per heavy atom. The Hall–Kier alpha value is -2.57. The number of carbonyl (C=O) groups excluding carboxylic acids is 2. The zero-order valence-electron chi connectivity index (χ0n) is 16.4. The van der Waals surface area contributed by atoms with Gasteiger partial charge in [0.1, 0.15) is 0 Å². The van der Waals surface area contributed by atoms with E-state index in [1.54, 1.807) is 11.0 Å². The summed E-state index contributed by atoms with van der Waals surface area (Å²) in [5, 5.41) is 6.33. The minimum Gasteiger partial charge on any atom is -0.378 e. The molecule has 2 aromatic carbocycles. The molecule has 29 heavy (non-hydrogen) atoms. The summed E-state index contributed by atoms with van der Waals surface area (Å²) >= 11 is 6.21. The maximum atomic E-state index is 13.1. The minimum atomic E-state index is -0.448. The van der Waals surface area contributed by atoms with E-state index in [0.717, 1.165) is 11.1 Å². The van der Waals surface area contributed by atoms with Crippen LogP contribution < -0.4 is 10.6 Å². The van der Waals surface area contributed by atoms with Crippen molar-refractivity contribution in [3.63, 3.8) is 0 Å². The molecule has 154 valence electrons. The Labute approximate surface area is 176 Å². The number of hydrogen-bond acceptors (Lipinski definition) is 3. The quantitative estimate of drug-likeness (QED) is 0.760. The Kier molecular flexibility index (Phi) is 7.49. The van der Waals surface area contributed by atoms with Gasteiger partial charge < -0.3 is 20.3 Å². The van der Waals surface area contributed by atoms with Crippen molar-refractivity contribution in [1.29, 1.82) is 0 Å². The molecule has 1 aliphatic heterocycles. The van der Waals surface area contributed by atoms with Crippen LogP contribution in [-0.4, -0.2) is 49.7 Å². The molecule has 6 nitrogen and oxygen atoms in total. The van der Waals surface area contributed by atoms with Crippen LogP contribution in [0.2, 0.25) is 5.02 Å². The maximum Gasteiger partial charge on any atom is 0.315 e. The van der Waals surface area contributed by atoms with E-state index < -0.39 is 5.92 Å². The molecule has 1 aliphatic rings. The fraction of sp³-hybridized carbons (Fsp3) is 0.364. The van der Waals surface area contributed by atoms with Crippen molar-refractivity contribution in [2.75, 3.05) is 32.8 Å². The second-order valence-corrected chi connectivity index (χ2v) is 7.41. The van der Waals surface area contributed by atoms with E-state index in [0.29, 0.717) is 31.3 Å². The van der Waals surface area contributed by atoms with E-state index in [1.165, 1.54) is 0 Å². The fourth-order valence-electron chi connectivity index (χ4n) is 3.38. The van der Waals surface area contributed by atoms with Crippen LogP contribution in [0.15, 0.2) is 54.6 Å². The van der Waals surface area contributed by atoms with Crippen molar-refractivity contribution < 1.29 is 14.3 Å². The SMILES string of the molecule is CC(NC(=O)NCC(C(=O)N1CCOCC1)c1ccccc1)c1ccccc1Cl. The average Bonchev–Trinajstić information content (AvgIpc) is 2.75. The van der Waals surface area contributed by atoms with E-state index in [-0.39, 0.29) is 24.5 Å². The second-order valence-electron chi connectivity index (χ2n) is 7.00. The molecule has 2 aromatic rings. The number of halogens is 1. The summed E-state index contributed by atoms with van der Waals surface area (Å²) in [5.74, 6) is -0.449. The highest BCUT2D eigenvalue weighted by Gasteiger charge is 2.27. The number of hydrogen-bond donors (Lipinski definition) is 2. The molecule has 0 aromatic heterocycles. The molecule has 0 saturated carbocycles. The molecule has 7 heteroatoms. The molecule has 2 N–H and O–H groups in total. The topological polar surface area (TPSA) is 70.7 Å². The summed E-state index contributed by atoms with van der Waals surface area (Å²) in [5.41, 5.74) is 1.72. The van der Waals surface area contributed by atoms with Gasteiger partial charge in [0.05, 0.1) is 25.2 Å². The number of carbonyl (C=O) groups is 2. The van der Waals surface area contributed by atoms with E-state index >= 15 is 0 Å². The summed E-state index contributed by atoms with van der Waals surface area (Å²) in [6, 6.07) is 16.3. The Morgan fingerprint density at radius 3 is 2.41 bits per heavy atom. The third-order valence-corrected chi connectivity index (χ3v) is 5.35. The summed E-state index contributed by atoms with van der Waals surface area (Å²) in [6.45, 7) is 4.29. The van der Waals surface area contributed by atoms with Gasteiger partial charge in [-0.2, -0.15) is 0 Å². The lowest BCUT2D eigenvalue weighted by atomic mass is 9.97. The highest BCUT2D eigenvalue weighted by Crippen LogP contribution is 2.22. The molecule has 0 radical (unpaired) electrons. The summed E-state index contributed by atoms with van der Waals surface area (Å²) in [6.07, 6.45) is 0. The lowest BCUT2D eigenvalue weighted by molar-refractivity contribution is -0.136. The van der Waals surface area contributed by atoms with Crippen LogP contribution in [0.3, 0.4) is 0 Å². The number of amides is 3. The molecule has 2 atom stereocenters. The molecular formula is C22H26ClN3O3. The van der Waals surface area contributed by atoms with Crippen molar-refractivity contribution in [2.24, 2.45) is 0 Å². The first-order valence-electron chi connectivity index (χ1n) is 9.76. The van der Waals surface area contributed by atoms with Crippen LogP contribution in [-0.2, 0) is 9.53 Å². The van der Waals surface area contributed by atoms with Crippen molar-refractivity contribution in [3.05, 3.63) is 70.7 Å². The van der Waals surface area contributed by atoms with E-state index in [9.17, 15) is 9.59 Å². The Bertz CT molecular complexity index is 825. The number of benzene rings is 2. The van der Waals surface area contributed by atoms with Crippen LogP contribution in [0.1, 0.15) is 30.0 Å². The highest BCUT2D eigenvalue weighted by atomic mass is 35.5. The summed E-state index contributed by atoms with van der Waals surface area (Å²) in [4.78, 5) is 27.3. The third kappa shape index (κ3) is 5.71. The van der Waals surface area contributed by atoms with Gasteiger partial charge in [0.15, 0.2) is 0 Å². The third-order valence-electron chi connectivity index (χ3n) is 5.01. The Balaban J connectivity index is 1.64. The van der Waals surface area contributed by atoms with Crippen LogP contribution in [0, 0.1) is 0 Å². The van der Waals surface area contributed by atoms with Gasteiger partial charge in [0.2, 0.25) is 5.91 Å². The smallest absolute Gasteiger partial charge is 0.315 e. The number of nitrogens with one attached hydrogen (secondary N) is 2. The van der Waals surface area contributed by atoms with Crippen LogP contribution in [0.25, 0.3) is 0 Å². The molecule has 0 bridgehead atoms. The average molecular weight is 416 g/mol. The summed E-state index contributed by atoms with van der Waals surface area (Å²) in [7, 11) is 0. The fourth-order valence-corrected chi connectivity index (χ4v) is 3.68. The van der Waals surface area contributed by atoms with Crippen LogP contribution >= 0.6 is 11.6 Å². The van der Waals surface area contributed by atoms with Crippen LogP contribution in [0.5, 0.6) is 0 Å². The number of urea groups is 1. The van der Waals surface area contributed by atoms with Gasteiger partial charge in [0.25, 0.3) is 0 Å². The molecule has 1 fully saturated rings. The number of ether oxygens (including phenoxy) is 1. The largest absolute Gasteiger partial charge is 0.378 e. The molecule has 1 heterocycles. The van der Waals surface area contributed by atoms with E-state index in [1.807, 2.05) is 55.5 Å². The number of morpholine rings is 1. The van der Waals surface area contributed by atoms with Gasteiger partial charge >= 0.3 is 6.03 Å². The molecule has 2 unspecified atom stereocenters. The van der Waals surface area contributed by atoms with Gasteiger partial charge in [-0.15, -0.1) is 0 Å². The predicted octanol–water partition coefficient (Wildman–Crippen LogP) is 3.34. The van der Waals surface area contributed by atoms with Crippen molar-refractivity contribution in [2.45, 2.75) is 18.9 Å². The zero-order valence-corrected chi connectivity index (χ0v) is 17.2. The summed E-state index contributed by atoms with van der Waals surface area (Å²) < 4.78 is 5.34.